The van der Waals surface area contributed by atoms with E-state index >= 15 is 0 Å². The molecule has 0 heterocycles. The normalized spacial score (nSPS) is 11.1. The van der Waals surface area contributed by atoms with Crippen LogP contribution >= 0.6 is 11.6 Å². The van der Waals surface area contributed by atoms with Crippen molar-refractivity contribution < 1.29 is 18.0 Å². The van der Waals surface area contributed by atoms with Crippen LogP contribution in [0.4, 0.5) is 5.69 Å². The molecule has 0 saturated heterocycles. The molecule has 0 bridgehead atoms. The molecule has 0 unspecified atom stereocenters. The molecular weight excluding hydrogens is 388 g/mol. The molecule has 144 valence electrons. The van der Waals surface area contributed by atoms with Gasteiger partial charge in [0.2, 0.25) is 5.91 Å². The standard InChI is InChI=1S/C19H21ClN2O4S/c1-12-6-5-7-13(2)18(12)21-17(23)11-22(3)19(24)15-10-14(27(4,25)26)8-9-16(15)20/h5-10H,11H2,1-4H3,(H,21,23). The molecule has 0 aliphatic rings. The summed E-state index contributed by atoms with van der Waals surface area (Å²) in [5.41, 5.74) is 2.57. The smallest absolute Gasteiger partial charge is 0.255 e. The fraction of sp³-hybridized carbons (Fsp3) is 0.263. The number of anilines is 1. The van der Waals surface area contributed by atoms with E-state index in [1.165, 1.54) is 30.1 Å². The summed E-state index contributed by atoms with van der Waals surface area (Å²) in [4.78, 5) is 26.2. The number of sulfone groups is 1. The van der Waals surface area contributed by atoms with Crippen molar-refractivity contribution in [2.24, 2.45) is 0 Å². The first-order valence-corrected chi connectivity index (χ1v) is 10.4. The van der Waals surface area contributed by atoms with Crippen molar-refractivity contribution in [1.82, 2.24) is 4.90 Å². The molecule has 0 aliphatic carbocycles. The van der Waals surface area contributed by atoms with Crippen molar-refractivity contribution in [3.05, 3.63) is 58.1 Å². The van der Waals surface area contributed by atoms with E-state index in [2.05, 4.69) is 5.32 Å². The van der Waals surface area contributed by atoms with Crippen molar-refractivity contribution in [2.75, 3.05) is 25.2 Å². The van der Waals surface area contributed by atoms with Gasteiger partial charge in [-0.3, -0.25) is 9.59 Å². The number of halogens is 1. The highest BCUT2D eigenvalue weighted by molar-refractivity contribution is 7.90. The summed E-state index contributed by atoms with van der Waals surface area (Å²) in [6.07, 6.45) is 1.05. The van der Waals surface area contributed by atoms with Gasteiger partial charge in [0.15, 0.2) is 9.84 Å². The van der Waals surface area contributed by atoms with Gasteiger partial charge in [-0.05, 0) is 43.2 Å². The van der Waals surface area contributed by atoms with Gasteiger partial charge in [-0.25, -0.2) is 8.42 Å². The molecule has 8 heteroatoms. The fourth-order valence-electron chi connectivity index (χ4n) is 2.58. The first-order valence-electron chi connectivity index (χ1n) is 8.12. The van der Waals surface area contributed by atoms with Gasteiger partial charge in [0, 0.05) is 19.0 Å². The maximum absolute atomic E-state index is 12.6. The van der Waals surface area contributed by atoms with Gasteiger partial charge in [-0.1, -0.05) is 29.8 Å². The predicted octanol–water partition coefficient (Wildman–Crippen LogP) is 3.07. The molecular formula is C19H21ClN2O4S. The largest absolute Gasteiger partial charge is 0.332 e. The molecule has 0 fully saturated rings. The lowest BCUT2D eigenvalue weighted by atomic mass is 10.1. The van der Waals surface area contributed by atoms with Gasteiger partial charge in [0.25, 0.3) is 5.91 Å². The van der Waals surface area contributed by atoms with E-state index in [-0.39, 0.29) is 27.9 Å². The summed E-state index contributed by atoms with van der Waals surface area (Å²) >= 11 is 6.05. The van der Waals surface area contributed by atoms with Gasteiger partial charge in [0.05, 0.1) is 22.0 Å². The van der Waals surface area contributed by atoms with E-state index in [9.17, 15) is 18.0 Å². The minimum atomic E-state index is -3.48. The first kappa shape index (κ1) is 20.9. The van der Waals surface area contributed by atoms with E-state index in [1.807, 2.05) is 32.0 Å². The molecule has 0 spiro atoms. The maximum atomic E-state index is 12.6. The number of hydrogen-bond donors (Lipinski definition) is 1. The Labute approximate surface area is 164 Å². The Morgan fingerprint density at radius 2 is 1.70 bits per heavy atom. The van der Waals surface area contributed by atoms with Crippen LogP contribution in [0.5, 0.6) is 0 Å². The topological polar surface area (TPSA) is 83.6 Å². The van der Waals surface area contributed by atoms with Crippen LogP contribution in [-0.2, 0) is 14.6 Å². The van der Waals surface area contributed by atoms with Crippen molar-refractivity contribution in [1.29, 1.82) is 0 Å². The summed E-state index contributed by atoms with van der Waals surface area (Å²) in [6.45, 7) is 3.56. The molecule has 2 aromatic rings. The Hall–Kier alpha value is -2.38. The zero-order valence-electron chi connectivity index (χ0n) is 15.5. The summed E-state index contributed by atoms with van der Waals surface area (Å²) in [5, 5.41) is 2.92. The Balaban J connectivity index is 2.17. The van der Waals surface area contributed by atoms with E-state index in [0.29, 0.717) is 5.69 Å². The van der Waals surface area contributed by atoms with E-state index < -0.39 is 15.7 Å². The minimum absolute atomic E-state index is 0.0105. The number of amides is 2. The van der Waals surface area contributed by atoms with Crippen LogP contribution in [0.2, 0.25) is 5.02 Å². The second-order valence-corrected chi connectivity index (χ2v) is 8.81. The average molecular weight is 409 g/mol. The van der Waals surface area contributed by atoms with Gasteiger partial charge in [0.1, 0.15) is 0 Å². The number of benzene rings is 2. The fourth-order valence-corrected chi connectivity index (χ4v) is 3.43. The molecule has 2 rings (SSSR count). The van der Waals surface area contributed by atoms with Gasteiger partial charge in [-0.15, -0.1) is 0 Å². The number of carbonyl (C=O) groups is 2. The van der Waals surface area contributed by atoms with Gasteiger partial charge >= 0.3 is 0 Å². The minimum Gasteiger partial charge on any atom is -0.332 e. The van der Waals surface area contributed by atoms with Gasteiger partial charge in [-0.2, -0.15) is 0 Å². The molecule has 0 atom stereocenters. The highest BCUT2D eigenvalue weighted by atomic mass is 35.5. The molecule has 0 aromatic heterocycles. The van der Waals surface area contributed by atoms with Crippen molar-refractivity contribution in [3.63, 3.8) is 0 Å². The lowest BCUT2D eigenvalue weighted by Crippen LogP contribution is -2.35. The molecule has 2 aromatic carbocycles. The van der Waals surface area contributed by atoms with Crippen LogP contribution in [0.15, 0.2) is 41.3 Å². The Morgan fingerprint density at radius 1 is 1.11 bits per heavy atom. The summed E-state index contributed by atoms with van der Waals surface area (Å²) in [7, 11) is -2.03. The number of likely N-dealkylation sites (N-methyl/N-ethyl adjacent to an activating group) is 1. The lowest BCUT2D eigenvalue weighted by Gasteiger charge is -2.19. The molecule has 0 aliphatic heterocycles. The van der Waals surface area contributed by atoms with Gasteiger partial charge < -0.3 is 10.2 Å². The first-order chi connectivity index (χ1) is 12.5. The second-order valence-electron chi connectivity index (χ2n) is 6.39. The summed E-state index contributed by atoms with van der Waals surface area (Å²) < 4.78 is 23.4. The number of para-hydroxylation sites is 1. The van der Waals surface area contributed by atoms with E-state index in [0.717, 1.165) is 17.4 Å². The molecule has 1 N–H and O–H groups in total. The molecule has 6 nitrogen and oxygen atoms in total. The van der Waals surface area contributed by atoms with Crippen LogP contribution < -0.4 is 5.32 Å². The van der Waals surface area contributed by atoms with Crippen LogP contribution in [-0.4, -0.2) is 45.0 Å². The third-order valence-corrected chi connectivity index (χ3v) is 5.51. The van der Waals surface area contributed by atoms with Crippen molar-refractivity contribution >= 4 is 38.9 Å². The SMILES string of the molecule is Cc1cccc(C)c1NC(=O)CN(C)C(=O)c1cc(S(C)(=O)=O)ccc1Cl. The summed E-state index contributed by atoms with van der Waals surface area (Å²) in [6, 6.07) is 9.58. The number of nitrogens with zero attached hydrogens (tertiary/aromatic N) is 1. The molecule has 0 saturated carbocycles. The number of aryl methyl sites for hydroxylation is 2. The van der Waals surface area contributed by atoms with Crippen molar-refractivity contribution in [2.45, 2.75) is 18.7 Å². The van der Waals surface area contributed by atoms with Crippen molar-refractivity contribution in [3.8, 4) is 0 Å². The highest BCUT2D eigenvalue weighted by Crippen LogP contribution is 2.22. The van der Waals surface area contributed by atoms with Crippen LogP contribution in [0.1, 0.15) is 21.5 Å². The third kappa shape index (κ3) is 5.08. The Bertz CT molecular complexity index is 983. The van der Waals surface area contributed by atoms with E-state index in [4.69, 9.17) is 11.6 Å². The van der Waals surface area contributed by atoms with Crippen LogP contribution in [0, 0.1) is 13.8 Å². The monoisotopic (exact) mass is 408 g/mol. The highest BCUT2D eigenvalue weighted by Gasteiger charge is 2.20. The number of rotatable bonds is 5. The zero-order chi connectivity index (χ0) is 20.4. The molecule has 0 radical (unpaired) electrons. The second kappa shape index (κ2) is 8.10. The molecule has 2 amide bonds. The zero-order valence-corrected chi connectivity index (χ0v) is 17.1. The van der Waals surface area contributed by atoms with Crippen LogP contribution in [0.3, 0.4) is 0 Å². The average Bonchev–Trinajstić information content (AvgIpc) is 2.57. The Morgan fingerprint density at radius 3 is 2.26 bits per heavy atom. The Kier molecular flexibility index (Phi) is 6.28. The molecule has 27 heavy (non-hydrogen) atoms. The maximum Gasteiger partial charge on any atom is 0.255 e. The summed E-state index contributed by atoms with van der Waals surface area (Å²) in [5.74, 6) is -0.902. The predicted molar refractivity (Wildman–Crippen MR) is 106 cm³/mol. The van der Waals surface area contributed by atoms with Crippen LogP contribution in [0.25, 0.3) is 0 Å². The quantitative estimate of drug-likeness (QED) is 0.824. The third-order valence-electron chi connectivity index (χ3n) is 4.07. The lowest BCUT2D eigenvalue weighted by molar-refractivity contribution is -0.116. The number of carbonyl (C=O) groups excluding carboxylic acids is 2. The van der Waals surface area contributed by atoms with E-state index in [1.54, 1.807) is 0 Å². The number of nitrogens with one attached hydrogen (secondary N) is 1. The number of hydrogen-bond acceptors (Lipinski definition) is 4.